The summed E-state index contributed by atoms with van der Waals surface area (Å²) in [6.07, 6.45) is -6.08. The van der Waals surface area contributed by atoms with Crippen LogP contribution in [0.1, 0.15) is 28.5 Å². The lowest BCUT2D eigenvalue weighted by Gasteiger charge is -2.39. The van der Waals surface area contributed by atoms with Gasteiger partial charge in [-0.15, -0.1) is 0 Å². The third-order valence-corrected chi connectivity index (χ3v) is 4.48. The van der Waals surface area contributed by atoms with Gasteiger partial charge in [0.2, 0.25) is 0 Å². The summed E-state index contributed by atoms with van der Waals surface area (Å²) in [6.45, 7) is 0.519. The summed E-state index contributed by atoms with van der Waals surface area (Å²) in [5, 5.41) is 11.2. The van der Waals surface area contributed by atoms with Gasteiger partial charge < -0.3 is 15.8 Å². The maximum absolute atomic E-state index is 14.5. The Hall–Kier alpha value is -3.52. The van der Waals surface area contributed by atoms with E-state index in [1.165, 1.54) is 24.4 Å². The minimum absolute atomic E-state index is 0.0176. The number of ether oxygens (including phenoxy) is 1. The molecule has 0 radical (unpaired) electrons. The van der Waals surface area contributed by atoms with Crippen LogP contribution in [0.4, 0.5) is 23.2 Å². The monoisotopic (exact) mass is 421 g/mol. The van der Waals surface area contributed by atoms with E-state index >= 15 is 0 Å². The zero-order valence-corrected chi connectivity index (χ0v) is 15.5. The van der Waals surface area contributed by atoms with Crippen LogP contribution in [0.3, 0.4) is 0 Å². The number of amides is 1. The van der Waals surface area contributed by atoms with Gasteiger partial charge in [0.1, 0.15) is 35.6 Å². The average molecular weight is 421 g/mol. The largest absolute Gasteiger partial charge is 0.417 e. The van der Waals surface area contributed by atoms with E-state index in [1.54, 1.807) is 0 Å². The van der Waals surface area contributed by atoms with Crippen molar-refractivity contribution in [1.29, 1.82) is 5.26 Å². The minimum Gasteiger partial charge on any atom is -0.386 e. The number of nitrogens with one attached hydrogen (secondary N) is 1. The highest BCUT2D eigenvalue weighted by Gasteiger charge is 2.56. The zero-order valence-electron chi connectivity index (χ0n) is 15.5. The van der Waals surface area contributed by atoms with Crippen LogP contribution < -0.4 is 11.1 Å². The van der Waals surface area contributed by atoms with Gasteiger partial charge in [0.15, 0.2) is 6.10 Å². The molecule has 7 nitrogen and oxygen atoms in total. The van der Waals surface area contributed by atoms with E-state index in [9.17, 15) is 22.4 Å². The molecule has 11 heteroatoms. The van der Waals surface area contributed by atoms with Gasteiger partial charge in [-0.3, -0.25) is 9.79 Å². The Morgan fingerprint density at radius 1 is 1.37 bits per heavy atom. The van der Waals surface area contributed by atoms with E-state index in [4.69, 9.17) is 15.7 Å². The Kier molecular flexibility index (Phi) is 5.45. The normalized spacial score (nSPS) is 21.5. The minimum atomic E-state index is -4.84. The fraction of sp³-hybridized carbons (Fsp3) is 0.263. The smallest absolute Gasteiger partial charge is 0.386 e. The van der Waals surface area contributed by atoms with Crippen molar-refractivity contribution in [3.8, 4) is 6.07 Å². The molecule has 1 aliphatic heterocycles. The second kappa shape index (κ2) is 7.72. The molecule has 3 rings (SSSR count). The summed E-state index contributed by atoms with van der Waals surface area (Å²) >= 11 is 0. The van der Waals surface area contributed by atoms with Crippen molar-refractivity contribution < 1.29 is 27.1 Å². The van der Waals surface area contributed by atoms with Gasteiger partial charge in [0.05, 0.1) is 5.56 Å². The average Bonchev–Trinajstić information content (AvgIpc) is 2.68. The van der Waals surface area contributed by atoms with Crippen LogP contribution in [-0.4, -0.2) is 35.6 Å². The van der Waals surface area contributed by atoms with Crippen LogP contribution in [0.2, 0.25) is 0 Å². The van der Waals surface area contributed by atoms with Gasteiger partial charge in [0.25, 0.3) is 5.91 Å². The van der Waals surface area contributed by atoms with Crippen LogP contribution in [0.25, 0.3) is 0 Å². The van der Waals surface area contributed by atoms with E-state index in [0.717, 1.165) is 19.1 Å². The number of amidine groups is 1. The Balaban J connectivity index is 1.97. The van der Waals surface area contributed by atoms with Crippen molar-refractivity contribution >= 4 is 17.4 Å². The van der Waals surface area contributed by atoms with E-state index in [0.29, 0.717) is 0 Å². The van der Waals surface area contributed by atoms with Crippen molar-refractivity contribution in [2.24, 2.45) is 10.7 Å². The fourth-order valence-electron chi connectivity index (χ4n) is 3.12. The molecule has 2 heterocycles. The van der Waals surface area contributed by atoms with Gasteiger partial charge in [-0.05, 0) is 37.3 Å². The van der Waals surface area contributed by atoms with Crippen LogP contribution in [0, 0.1) is 17.1 Å². The van der Waals surface area contributed by atoms with Crippen LogP contribution in [-0.2, 0) is 10.3 Å². The molecule has 1 amide bonds. The Morgan fingerprint density at radius 2 is 2.10 bits per heavy atom. The maximum atomic E-state index is 14.5. The molecule has 0 spiro atoms. The van der Waals surface area contributed by atoms with Crippen molar-refractivity contribution in [3.05, 3.63) is 59.2 Å². The third-order valence-electron chi connectivity index (χ3n) is 4.48. The molecule has 0 fully saturated rings. The standard InChI is InChI=1S/C19H15F4N5O2/c1-18(17(19(21,22)23)30-9-15(25)28-18)12-6-11(3-4-13(12)20)27-16(29)14-5-2-10(7-24)8-26-14/h2-6,8,17H,9H2,1H3,(H2,25,28)(H,27,29)/t17-,18-/m1/s1. The molecule has 1 aliphatic rings. The van der Waals surface area contributed by atoms with Crippen molar-refractivity contribution in [2.45, 2.75) is 24.7 Å². The van der Waals surface area contributed by atoms with Crippen LogP contribution in [0.5, 0.6) is 0 Å². The lowest BCUT2D eigenvalue weighted by Crippen LogP contribution is -2.53. The molecule has 0 aliphatic carbocycles. The van der Waals surface area contributed by atoms with Gasteiger partial charge in [-0.2, -0.15) is 18.4 Å². The van der Waals surface area contributed by atoms with Gasteiger partial charge >= 0.3 is 6.18 Å². The summed E-state index contributed by atoms with van der Waals surface area (Å²) in [4.78, 5) is 20.0. The number of nitrogens with zero attached hydrogens (tertiary/aromatic N) is 3. The van der Waals surface area contributed by atoms with Crippen LogP contribution in [0.15, 0.2) is 41.5 Å². The van der Waals surface area contributed by atoms with Gasteiger partial charge in [-0.1, -0.05) is 0 Å². The predicted molar refractivity (Wildman–Crippen MR) is 98.1 cm³/mol. The number of aliphatic imine (C=N–C) groups is 1. The second-order valence-electron chi connectivity index (χ2n) is 6.68. The first-order valence-corrected chi connectivity index (χ1v) is 8.54. The highest BCUT2D eigenvalue weighted by molar-refractivity contribution is 6.02. The third kappa shape index (κ3) is 4.08. The van der Waals surface area contributed by atoms with Gasteiger partial charge in [-0.25, -0.2) is 9.37 Å². The number of carbonyl (C=O) groups excluding carboxylic acids is 1. The molecule has 1 aromatic carbocycles. The van der Waals surface area contributed by atoms with E-state index in [-0.39, 0.29) is 22.8 Å². The van der Waals surface area contributed by atoms with Crippen molar-refractivity contribution in [3.63, 3.8) is 0 Å². The summed E-state index contributed by atoms with van der Waals surface area (Å²) in [5.41, 5.74) is 3.14. The first kappa shape index (κ1) is 21.2. The fourth-order valence-corrected chi connectivity index (χ4v) is 3.12. The number of anilines is 1. The quantitative estimate of drug-likeness (QED) is 0.740. The van der Waals surface area contributed by atoms with Crippen LogP contribution >= 0.6 is 0 Å². The molecule has 2 aromatic rings. The van der Waals surface area contributed by atoms with Gasteiger partial charge in [0, 0.05) is 17.4 Å². The molecule has 30 heavy (non-hydrogen) atoms. The molecule has 0 saturated carbocycles. The highest BCUT2D eigenvalue weighted by Crippen LogP contribution is 2.43. The second-order valence-corrected chi connectivity index (χ2v) is 6.68. The van der Waals surface area contributed by atoms with Crippen molar-refractivity contribution in [2.75, 3.05) is 11.9 Å². The number of hydrogen-bond acceptors (Lipinski definition) is 6. The SMILES string of the molecule is C[C@]1(c2cc(NC(=O)c3ccc(C#N)cn3)ccc2F)N=C(N)CO[C@H]1C(F)(F)F. The number of rotatable bonds is 3. The number of alkyl halides is 3. The lowest BCUT2D eigenvalue weighted by molar-refractivity contribution is -0.238. The number of benzene rings is 1. The number of hydrogen-bond donors (Lipinski definition) is 2. The summed E-state index contributed by atoms with van der Waals surface area (Å²) in [5.74, 6) is -1.88. The molecular weight excluding hydrogens is 406 g/mol. The Labute approximate surface area is 168 Å². The molecule has 156 valence electrons. The topological polar surface area (TPSA) is 113 Å². The maximum Gasteiger partial charge on any atom is 0.417 e. The molecule has 0 bridgehead atoms. The first-order chi connectivity index (χ1) is 14.0. The van der Waals surface area contributed by atoms with E-state index in [1.807, 2.05) is 6.07 Å². The Bertz CT molecular complexity index is 1050. The first-order valence-electron chi connectivity index (χ1n) is 8.54. The summed E-state index contributed by atoms with van der Waals surface area (Å²) < 4.78 is 59.9. The number of pyridine rings is 1. The summed E-state index contributed by atoms with van der Waals surface area (Å²) in [6, 6.07) is 7.68. The summed E-state index contributed by atoms with van der Waals surface area (Å²) in [7, 11) is 0. The molecular formula is C19H15F4N5O2. The molecule has 3 N–H and O–H groups in total. The van der Waals surface area contributed by atoms with E-state index < -0.39 is 41.7 Å². The Morgan fingerprint density at radius 3 is 2.70 bits per heavy atom. The molecule has 0 saturated heterocycles. The number of carbonyl (C=O) groups is 1. The molecule has 1 aromatic heterocycles. The number of halogens is 4. The predicted octanol–water partition coefficient (Wildman–Crippen LogP) is 2.88. The number of nitrogens with two attached hydrogens (primary N) is 1. The molecule has 0 unspecified atom stereocenters. The lowest BCUT2D eigenvalue weighted by atomic mass is 9.84. The number of nitriles is 1. The molecule has 2 atom stereocenters. The highest BCUT2D eigenvalue weighted by atomic mass is 19.4. The van der Waals surface area contributed by atoms with Crippen molar-refractivity contribution in [1.82, 2.24) is 4.98 Å². The zero-order chi connectivity index (χ0) is 22.1. The number of aromatic nitrogens is 1. The van der Waals surface area contributed by atoms with E-state index in [2.05, 4.69) is 15.3 Å².